The van der Waals surface area contributed by atoms with Gasteiger partial charge in [0.2, 0.25) is 11.8 Å². The standard InChI is InChI=1S/C24H25N3O5S/c28-21(25-16-8-9-18-19(14-16)32-13-12-31-18)15-27-17-6-2-3-7-20(17)33-22(24(27)30)23(29)26-10-4-1-5-11-26/h2-3,6-9,14,22H,1,4-5,10-13,15H2,(H,25,28)/t22-/m0/s1. The highest BCUT2D eigenvalue weighted by atomic mass is 32.2. The molecule has 1 saturated heterocycles. The van der Waals surface area contributed by atoms with Gasteiger partial charge < -0.3 is 24.6 Å². The minimum Gasteiger partial charge on any atom is -0.486 e. The maximum atomic E-state index is 13.4. The number of amides is 3. The van der Waals surface area contributed by atoms with Gasteiger partial charge in [-0.05, 0) is 43.5 Å². The molecule has 0 unspecified atom stereocenters. The van der Waals surface area contributed by atoms with Crippen LogP contribution in [0.1, 0.15) is 19.3 Å². The third kappa shape index (κ3) is 4.50. The van der Waals surface area contributed by atoms with Crippen molar-refractivity contribution in [1.29, 1.82) is 0 Å². The SMILES string of the molecule is O=C(CN1C(=O)[C@H](C(=O)N2CCCCC2)Sc2ccccc21)Nc1ccc2c(c1)OCCO2. The number of fused-ring (bicyclic) bond motifs is 2. The number of carbonyl (C=O) groups excluding carboxylic acids is 3. The van der Waals surface area contributed by atoms with Crippen molar-refractivity contribution >= 4 is 40.9 Å². The number of para-hydroxylation sites is 1. The van der Waals surface area contributed by atoms with Gasteiger partial charge in [0.15, 0.2) is 16.7 Å². The zero-order valence-corrected chi connectivity index (χ0v) is 18.9. The molecule has 0 aromatic heterocycles. The molecule has 3 amide bonds. The Morgan fingerprint density at radius 2 is 1.76 bits per heavy atom. The second kappa shape index (κ2) is 9.35. The number of nitrogens with zero attached hydrogens (tertiary/aromatic N) is 2. The Hall–Kier alpha value is -3.20. The average Bonchev–Trinajstić information content (AvgIpc) is 2.85. The Labute approximate surface area is 196 Å². The van der Waals surface area contributed by atoms with Gasteiger partial charge >= 0.3 is 0 Å². The van der Waals surface area contributed by atoms with Crippen LogP contribution in [0.4, 0.5) is 11.4 Å². The summed E-state index contributed by atoms with van der Waals surface area (Å²) in [5.74, 6) is 0.325. The number of hydrogen-bond donors (Lipinski definition) is 1. The highest BCUT2D eigenvalue weighted by Gasteiger charge is 2.41. The molecule has 0 saturated carbocycles. The summed E-state index contributed by atoms with van der Waals surface area (Å²) in [5, 5.41) is 1.95. The van der Waals surface area contributed by atoms with Crippen LogP contribution in [0, 0.1) is 0 Å². The minimum atomic E-state index is -0.875. The second-order valence-corrected chi connectivity index (χ2v) is 9.33. The molecule has 8 nitrogen and oxygen atoms in total. The Bertz CT molecular complexity index is 1090. The van der Waals surface area contributed by atoms with Crippen LogP contribution in [0.2, 0.25) is 0 Å². The van der Waals surface area contributed by atoms with E-state index in [0.29, 0.717) is 49.2 Å². The van der Waals surface area contributed by atoms with Crippen LogP contribution in [0.25, 0.3) is 0 Å². The lowest BCUT2D eigenvalue weighted by Crippen LogP contribution is -2.52. The van der Waals surface area contributed by atoms with Gasteiger partial charge in [-0.3, -0.25) is 14.4 Å². The van der Waals surface area contributed by atoms with Gasteiger partial charge in [-0.1, -0.05) is 12.1 Å². The number of thioether (sulfide) groups is 1. The van der Waals surface area contributed by atoms with Crippen LogP contribution in [-0.2, 0) is 14.4 Å². The largest absolute Gasteiger partial charge is 0.486 e. The summed E-state index contributed by atoms with van der Waals surface area (Å²) >= 11 is 1.27. The molecule has 5 rings (SSSR count). The maximum Gasteiger partial charge on any atom is 0.250 e. The number of carbonyl (C=O) groups is 3. The normalized spacial score (nSPS) is 19.6. The van der Waals surface area contributed by atoms with Crippen LogP contribution in [0.3, 0.4) is 0 Å². The Kier molecular flexibility index (Phi) is 6.13. The molecule has 1 fully saturated rings. The summed E-state index contributed by atoms with van der Waals surface area (Å²) in [6.45, 7) is 2.11. The summed E-state index contributed by atoms with van der Waals surface area (Å²) in [5.41, 5.74) is 1.20. The summed E-state index contributed by atoms with van der Waals surface area (Å²) in [7, 11) is 0. The summed E-state index contributed by atoms with van der Waals surface area (Å²) < 4.78 is 11.1. The number of piperidine rings is 1. The van der Waals surface area contributed by atoms with Gasteiger partial charge in [0.1, 0.15) is 19.8 Å². The van der Waals surface area contributed by atoms with E-state index in [0.717, 1.165) is 24.2 Å². The summed E-state index contributed by atoms with van der Waals surface area (Å²) in [6, 6.07) is 12.6. The molecule has 0 aliphatic carbocycles. The Balaban J connectivity index is 1.34. The van der Waals surface area contributed by atoms with E-state index in [4.69, 9.17) is 9.47 Å². The number of ether oxygens (including phenoxy) is 2. The highest BCUT2D eigenvalue weighted by molar-refractivity contribution is 8.01. The van der Waals surface area contributed by atoms with Crippen molar-refractivity contribution in [3.63, 3.8) is 0 Å². The lowest BCUT2D eigenvalue weighted by atomic mass is 10.1. The maximum absolute atomic E-state index is 13.4. The molecule has 0 radical (unpaired) electrons. The van der Waals surface area contributed by atoms with Crippen LogP contribution in [0.15, 0.2) is 47.4 Å². The molecule has 3 heterocycles. The van der Waals surface area contributed by atoms with Crippen LogP contribution >= 0.6 is 11.8 Å². The van der Waals surface area contributed by atoms with Crippen molar-refractivity contribution in [3.05, 3.63) is 42.5 Å². The number of hydrogen-bond acceptors (Lipinski definition) is 6. The Morgan fingerprint density at radius 1 is 1.00 bits per heavy atom. The fraction of sp³-hybridized carbons (Fsp3) is 0.375. The third-order valence-corrected chi connectivity index (χ3v) is 7.15. The van der Waals surface area contributed by atoms with Crippen molar-refractivity contribution in [2.24, 2.45) is 0 Å². The van der Waals surface area contributed by atoms with E-state index in [9.17, 15) is 14.4 Å². The van der Waals surface area contributed by atoms with Gasteiger partial charge in [-0.2, -0.15) is 0 Å². The van der Waals surface area contributed by atoms with E-state index < -0.39 is 5.25 Å². The van der Waals surface area contributed by atoms with E-state index in [1.54, 1.807) is 29.2 Å². The molecule has 9 heteroatoms. The first-order valence-electron chi connectivity index (χ1n) is 11.2. The van der Waals surface area contributed by atoms with Gasteiger partial charge in [0, 0.05) is 29.7 Å². The number of rotatable bonds is 4. The van der Waals surface area contributed by atoms with E-state index in [1.807, 2.05) is 18.2 Å². The monoisotopic (exact) mass is 467 g/mol. The predicted octanol–water partition coefficient (Wildman–Crippen LogP) is 2.92. The van der Waals surface area contributed by atoms with Crippen molar-refractivity contribution in [3.8, 4) is 11.5 Å². The molecule has 0 spiro atoms. The van der Waals surface area contributed by atoms with Crippen molar-refractivity contribution in [1.82, 2.24) is 4.90 Å². The van der Waals surface area contributed by atoms with Crippen LogP contribution in [-0.4, -0.2) is 60.7 Å². The summed E-state index contributed by atoms with van der Waals surface area (Å²) in [4.78, 5) is 43.5. The van der Waals surface area contributed by atoms with Crippen molar-refractivity contribution in [2.45, 2.75) is 29.4 Å². The number of nitrogens with one attached hydrogen (secondary N) is 1. The number of benzene rings is 2. The van der Waals surface area contributed by atoms with Gasteiger partial charge in [-0.25, -0.2) is 0 Å². The molecule has 3 aliphatic rings. The van der Waals surface area contributed by atoms with Crippen molar-refractivity contribution in [2.75, 3.05) is 43.1 Å². The van der Waals surface area contributed by atoms with E-state index >= 15 is 0 Å². The molecule has 2 aromatic carbocycles. The third-order valence-electron chi connectivity index (χ3n) is 5.91. The molecule has 2 aromatic rings. The smallest absolute Gasteiger partial charge is 0.250 e. The van der Waals surface area contributed by atoms with Gasteiger partial charge in [-0.15, -0.1) is 11.8 Å². The fourth-order valence-electron chi connectivity index (χ4n) is 4.28. The molecule has 172 valence electrons. The highest BCUT2D eigenvalue weighted by Crippen LogP contribution is 2.40. The lowest BCUT2D eigenvalue weighted by Gasteiger charge is -2.36. The molecule has 1 atom stereocenters. The molecule has 33 heavy (non-hydrogen) atoms. The predicted molar refractivity (Wildman–Crippen MR) is 125 cm³/mol. The molecular formula is C24H25N3O5S. The molecular weight excluding hydrogens is 442 g/mol. The van der Waals surface area contributed by atoms with Crippen molar-refractivity contribution < 1.29 is 23.9 Å². The summed E-state index contributed by atoms with van der Waals surface area (Å²) in [6.07, 6.45) is 3.01. The van der Waals surface area contributed by atoms with Crippen LogP contribution < -0.4 is 19.7 Å². The van der Waals surface area contributed by atoms with E-state index in [2.05, 4.69) is 5.32 Å². The zero-order chi connectivity index (χ0) is 22.8. The fourth-order valence-corrected chi connectivity index (χ4v) is 5.47. The minimum absolute atomic E-state index is 0.170. The zero-order valence-electron chi connectivity index (χ0n) is 18.1. The Morgan fingerprint density at radius 3 is 2.58 bits per heavy atom. The number of likely N-dealkylation sites (tertiary alicyclic amines) is 1. The topological polar surface area (TPSA) is 88.2 Å². The molecule has 0 bridgehead atoms. The first-order valence-corrected chi connectivity index (χ1v) is 12.0. The van der Waals surface area contributed by atoms with Gasteiger partial charge in [0.25, 0.3) is 5.91 Å². The number of anilines is 2. The quantitative estimate of drug-likeness (QED) is 0.696. The second-order valence-electron chi connectivity index (χ2n) is 8.18. The first-order chi connectivity index (χ1) is 16.1. The first kappa shape index (κ1) is 21.6. The van der Waals surface area contributed by atoms with E-state index in [-0.39, 0.29) is 24.3 Å². The molecule has 1 N–H and O–H groups in total. The molecule has 3 aliphatic heterocycles. The van der Waals surface area contributed by atoms with Crippen LogP contribution in [0.5, 0.6) is 11.5 Å². The van der Waals surface area contributed by atoms with E-state index in [1.165, 1.54) is 16.7 Å². The van der Waals surface area contributed by atoms with Gasteiger partial charge in [0.05, 0.1) is 5.69 Å². The average molecular weight is 468 g/mol. The lowest BCUT2D eigenvalue weighted by molar-refractivity contribution is -0.135.